The lowest BCUT2D eigenvalue weighted by Crippen LogP contribution is -2.21. The Bertz CT molecular complexity index is 315. The number of rotatable bonds is 3. The second-order valence-electron chi connectivity index (χ2n) is 3.86. The maximum atomic E-state index is 10.1. The molecule has 1 amide bonds. The predicted molar refractivity (Wildman–Crippen MR) is 104 cm³/mol. The van der Waals surface area contributed by atoms with E-state index in [-0.39, 0.29) is 5.91 Å². The van der Waals surface area contributed by atoms with Crippen LogP contribution in [0.1, 0.15) is 34.6 Å². The van der Waals surface area contributed by atoms with Crippen molar-refractivity contribution in [1.82, 2.24) is 5.32 Å². The predicted octanol–water partition coefficient (Wildman–Crippen LogP) is -0.680. The number of carboxylic acids is 4. The Hall–Kier alpha value is -2.38. The Morgan fingerprint density at radius 1 is 0.704 bits per heavy atom. The smallest absolute Gasteiger partial charge is 0.300 e. The highest BCUT2D eigenvalue weighted by molar-refractivity contribution is 7.80. The maximum absolute atomic E-state index is 10.1. The van der Waals surface area contributed by atoms with Crippen LogP contribution in [-0.4, -0.2) is 75.6 Å². The zero-order valence-corrected chi connectivity index (χ0v) is 17.2. The summed E-state index contributed by atoms with van der Waals surface area (Å²) in [6.45, 7) is 7.68. The number of aliphatic carboxylic acids is 4. The van der Waals surface area contributed by atoms with Crippen molar-refractivity contribution in [2.24, 2.45) is 11.5 Å². The van der Waals surface area contributed by atoms with Crippen LogP contribution in [0.5, 0.6) is 0 Å². The number of nitrogens with two attached hydrogens (primary N) is 2. The van der Waals surface area contributed by atoms with Crippen LogP contribution in [0.3, 0.4) is 0 Å². The standard InChI is InChI=1S/C4H9NOS.C2H8N2.4C2H4O2/c1-4(6)5-2-3-7;3-1-2-4;4*1-2(3)4/h7H,2-3H2,1H3,(H,5,6);1-4H2;4*1H3,(H,3,4). The van der Waals surface area contributed by atoms with Gasteiger partial charge in [-0.05, 0) is 0 Å². The van der Waals surface area contributed by atoms with Crippen molar-refractivity contribution in [1.29, 1.82) is 0 Å². The molecule has 0 aliphatic carbocycles. The van der Waals surface area contributed by atoms with Gasteiger partial charge in [-0.3, -0.25) is 24.0 Å². The van der Waals surface area contributed by atoms with Gasteiger partial charge in [0.15, 0.2) is 0 Å². The SMILES string of the molecule is CC(=O)NCCS.CC(=O)O.CC(=O)O.CC(=O)O.CC(=O)O.NCCN. The molecule has 9 N–H and O–H groups in total. The molecule has 0 spiro atoms. The van der Waals surface area contributed by atoms with Crippen molar-refractivity contribution in [2.75, 3.05) is 25.4 Å². The third kappa shape index (κ3) is 1610. The third-order valence-corrected chi connectivity index (χ3v) is 0.876. The molecule has 0 rings (SSSR count). The van der Waals surface area contributed by atoms with Gasteiger partial charge in [0.1, 0.15) is 0 Å². The first-order valence-corrected chi connectivity index (χ1v) is 7.78. The Morgan fingerprint density at radius 2 is 0.889 bits per heavy atom. The number of hydrogen-bond acceptors (Lipinski definition) is 8. The molecule has 0 unspecified atom stereocenters. The van der Waals surface area contributed by atoms with Crippen LogP contribution in [0.4, 0.5) is 0 Å². The van der Waals surface area contributed by atoms with Crippen molar-refractivity contribution >= 4 is 42.4 Å². The first kappa shape index (κ1) is 39.6. The Morgan fingerprint density at radius 3 is 0.926 bits per heavy atom. The van der Waals surface area contributed by atoms with E-state index in [2.05, 4.69) is 17.9 Å². The lowest BCUT2D eigenvalue weighted by Gasteiger charge is -1.93. The summed E-state index contributed by atoms with van der Waals surface area (Å²) in [5.74, 6) is -2.62. The number of carbonyl (C=O) groups is 5. The van der Waals surface area contributed by atoms with E-state index in [0.717, 1.165) is 27.7 Å². The van der Waals surface area contributed by atoms with E-state index in [0.29, 0.717) is 25.4 Å². The highest BCUT2D eigenvalue weighted by Gasteiger charge is 1.83. The summed E-state index contributed by atoms with van der Waals surface area (Å²) in [7, 11) is 0. The zero-order valence-electron chi connectivity index (χ0n) is 16.3. The van der Waals surface area contributed by atoms with Crippen molar-refractivity contribution in [3.63, 3.8) is 0 Å². The molecule has 0 saturated heterocycles. The van der Waals surface area contributed by atoms with Gasteiger partial charge in [-0.2, -0.15) is 12.6 Å². The summed E-state index contributed by atoms with van der Waals surface area (Å²) in [4.78, 5) is 46.1. The van der Waals surface area contributed by atoms with Crippen LogP contribution in [-0.2, 0) is 24.0 Å². The van der Waals surface area contributed by atoms with Crippen molar-refractivity contribution < 1.29 is 44.4 Å². The molecule has 0 radical (unpaired) electrons. The fraction of sp³-hybridized carbons (Fsp3) is 0.643. The largest absolute Gasteiger partial charge is 0.481 e. The average molecular weight is 419 g/mol. The second-order valence-corrected chi connectivity index (χ2v) is 4.31. The van der Waals surface area contributed by atoms with E-state index in [4.69, 9.17) is 51.1 Å². The minimum Gasteiger partial charge on any atom is -0.481 e. The first-order valence-electron chi connectivity index (χ1n) is 7.15. The second kappa shape index (κ2) is 38.9. The molecule has 0 aromatic heterocycles. The van der Waals surface area contributed by atoms with E-state index >= 15 is 0 Å². The number of carboxylic acid groups (broad SMARTS) is 4. The van der Waals surface area contributed by atoms with Gasteiger partial charge in [-0.15, -0.1) is 0 Å². The molecule has 13 heteroatoms. The lowest BCUT2D eigenvalue weighted by molar-refractivity contribution is -0.135. The van der Waals surface area contributed by atoms with Crippen LogP contribution in [0.2, 0.25) is 0 Å². The first-order chi connectivity index (χ1) is 12.1. The number of hydrogen-bond donors (Lipinski definition) is 8. The van der Waals surface area contributed by atoms with Gasteiger partial charge in [0.05, 0.1) is 0 Å². The fourth-order valence-electron chi connectivity index (χ4n) is 0.232. The number of nitrogens with one attached hydrogen (secondary N) is 1. The van der Waals surface area contributed by atoms with E-state index in [1.54, 1.807) is 0 Å². The van der Waals surface area contributed by atoms with E-state index in [1.165, 1.54) is 6.92 Å². The van der Waals surface area contributed by atoms with Gasteiger partial charge in [0.2, 0.25) is 5.91 Å². The monoisotopic (exact) mass is 419 g/mol. The highest BCUT2D eigenvalue weighted by Crippen LogP contribution is 1.67. The molecule has 12 nitrogen and oxygen atoms in total. The molecule has 0 atom stereocenters. The lowest BCUT2D eigenvalue weighted by atomic mass is 10.6. The summed E-state index contributed by atoms with van der Waals surface area (Å²) >= 11 is 3.88. The molecule has 0 saturated carbocycles. The summed E-state index contributed by atoms with van der Waals surface area (Å²) in [5, 5.41) is 32.2. The molecule has 0 aromatic carbocycles. The average Bonchev–Trinajstić information content (AvgIpc) is 2.43. The van der Waals surface area contributed by atoms with Crippen LogP contribution in [0.15, 0.2) is 0 Å². The maximum Gasteiger partial charge on any atom is 0.300 e. The normalized spacial score (nSPS) is 6.96. The van der Waals surface area contributed by atoms with Gasteiger partial charge in [-0.25, -0.2) is 0 Å². The summed E-state index contributed by atoms with van der Waals surface area (Å²) in [5.41, 5.74) is 9.81. The number of carbonyl (C=O) groups excluding carboxylic acids is 1. The molecular weight excluding hydrogens is 386 g/mol. The van der Waals surface area contributed by atoms with Crippen LogP contribution < -0.4 is 16.8 Å². The van der Waals surface area contributed by atoms with Gasteiger partial charge in [-0.1, -0.05) is 0 Å². The quantitative estimate of drug-likeness (QED) is 0.267. The van der Waals surface area contributed by atoms with Crippen molar-refractivity contribution in [2.45, 2.75) is 34.6 Å². The minimum absolute atomic E-state index is 0.00838. The summed E-state index contributed by atoms with van der Waals surface area (Å²) in [6.07, 6.45) is 0. The van der Waals surface area contributed by atoms with Crippen LogP contribution in [0, 0.1) is 0 Å². The molecule has 27 heavy (non-hydrogen) atoms. The molecule has 164 valence electrons. The molecule has 0 aromatic rings. The van der Waals surface area contributed by atoms with Crippen LogP contribution in [0.25, 0.3) is 0 Å². The van der Waals surface area contributed by atoms with Crippen LogP contribution >= 0.6 is 12.6 Å². The van der Waals surface area contributed by atoms with Gasteiger partial charge >= 0.3 is 0 Å². The molecule has 0 heterocycles. The van der Waals surface area contributed by atoms with Gasteiger partial charge < -0.3 is 37.2 Å². The highest BCUT2D eigenvalue weighted by atomic mass is 32.1. The van der Waals surface area contributed by atoms with E-state index < -0.39 is 23.9 Å². The molecule has 0 bridgehead atoms. The molecule has 0 aliphatic rings. The van der Waals surface area contributed by atoms with Gasteiger partial charge in [0.25, 0.3) is 23.9 Å². The Balaban J connectivity index is -0.0000000500. The Kier molecular flexibility index (Phi) is 57.1. The zero-order chi connectivity index (χ0) is 23.4. The van der Waals surface area contributed by atoms with Gasteiger partial charge in [0, 0.05) is 60.0 Å². The molecular formula is C14H33N3O9S. The molecule has 0 aliphatic heterocycles. The molecule has 0 fully saturated rings. The Labute approximate surface area is 164 Å². The summed E-state index contributed by atoms with van der Waals surface area (Å²) < 4.78 is 0. The summed E-state index contributed by atoms with van der Waals surface area (Å²) in [6, 6.07) is 0. The van der Waals surface area contributed by atoms with Crippen molar-refractivity contribution in [3.05, 3.63) is 0 Å². The number of amides is 1. The topological polar surface area (TPSA) is 230 Å². The van der Waals surface area contributed by atoms with Crippen molar-refractivity contribution in [3.8, 4) is 0 Å². The van der Waals surface area contributed by atoms with E-state index in [1.807, 2.05) is 0 Å². The van der Waals surface area contributed by atoms with E-state index in [9.17, 15) is 4.79 Å². The third-order valence-electron chi connectivity index (χ3n) is 0.652. The fourth-order valence-corrected chi connectivity index (χ4v) is 0.344. The minimum atomic E-state index is -0.833. The number of thiol groups is 1.